The van der Waals surface area contributed by atoms with Crippen LogP contribution in [-0.2, 0) is 4.79 Å². The van der Waals surface area contributed by atoms with Crippen LogP contribution in [0.2, 0.25) is 0 Å². The van der Waals surface area contributed by atoms with E-state index < -0.39 is 6.04 Å². The van der Waals surface area contributed by atoms with E-state index in [0.717, 1.165) is 10.0 Å². The maximum Gasteiger partial charge on any atom is 0.252 e. The average Bonchev–Trinajstić information content (AvgIpc) is 2.53. The summed E-state index contributed by atoms with van der Waals surface area (Å²) in [5.41, 5.74) is 1.25. The predicted octanol–water partition coefficient (Wildman–Crippen LogP) is 3.44. The number of halogens is 1. The van der Waals surface area contributed by atoms with Crippen LogP contribution in [0.25, 0.3) is 0 Å². The van der Waals surface area contributed by atoms with Crippen LogP contribution in [0.4, 0.5) is 0 Å². The van der Waals surface area contributed by atoms with Crippen LogP contribution in [-0.4, -0.2) is 17.9 Å². The highest BCUT2D eigenvalue weighted by molar-refractivity contribution is 9.10. The van der Waals surface area contributed by atoms with Gasteiger partial charge in [-0.05, 0) is 43.7 Å². The van der Waals surface area contributed by atoms with Crippen LogP contribution in [0, 0.1) is 0 Å². The number of amides is 2. The van der Waals surface area contributed by atoms with Crippen molar-refractivity contribution in [1.82, 2.24) is 10.6 Å². The highest BCUT2D eigenvalue weighted by Gasteiger charge is 2.23. The van der Waals surface area contributed by atoms with Crippen molar-refractivity contribution in [3.63, 3.8) is 0 Å². The van der Waals surface area contributed by atoms with Crippen molar-refractivity contribution in [3.8, 4) is 0 Å². The highest BCUT2D eigenvalue weighted by atomic mass is 79.9. The Kier molecular flexibility index (Phi) is 5.93. The number of benzene rings is 2. The van der Waals surface area contributed by atoms with Gasteiger partial charge in [0.25, 0.3) is 5.91 Å². The molecule has 0 saturated heterocycles. The summed E-state index contributed by atoms with van der Waals surface area (Å²) in [5.74, 6) is -0.512. The minimum Gasteiger partial charge on any atom is -0.352 e. The van der Waals surface area contributed by atoms with Gasteiger partial charge in [0.15, 0.2) is 0 Å². The normalized spacial score (nSPS) is 11.8. The highest BCUT2D eigenvalue weighted by Crippen LogP contribution is 2.15. The van der Waals surface area contributed by atoms with Gasteiger partial charge in [0.05, 0.1) is 0 Å². The van der Waals surface area contributed by atoms with Crippen molar-refractivity contribution >= 4 is 27.7 Å². The topological polar surface area (TPSA) is 58.2 Å². The molecule has 0 unspecified atom stereocenters. The lowest BCUT2D eigenvalue weighted by Crippen LogP contribution is -2.42. The van der Waals surface area contributed by atoms with Gasteiger partial charge in [-0.25, -0.2) is 0 Å². The molecule has 2 amide bonds. The largest absolute Gasteiger partial charge is 0.352 e. The van der Waals surface area contributed by atoms with E-state index in [1.54, 1.807) is 24.3 Å². The molecule has 23 heavy (non-hydrogen) atoms. The predicted molar refractivity (Wildman–Crippen MR) is 94.1 cm³/mol. The van der Waals surface area contributed by atoms with Gasteiger partial charge in [0.2, 0.25) is 5.91 Å². The van der Waals surface area contributed by atoms with Gasteiger partial charge in [0.1, 0.15) is 6.04 Å². The van der Waals surface area contributed by atoms with Gasteiger partial charge >= 0.3 is 0 Å². The van der Waals surface area contributed by atoms with Gasteiger partial charge in [-0.3, -0.25) is 9.59 Å². The number of hydrogen-bond donors (Lipinski definition) is 2. The van der Waals surface area contributed by atoms with Gasteiger partial charge in [-0.1, -0.05) is 46.3 Å². The zero-order valence-electron chi connectivity index (χ0n) is 13.0. The maximum atomic E-state index is 12.4. The van der Waals surface area contributed by atoms with Crippen molar-refractivity contribution in [2.45, 2.75) is 25.9 Å². The molecular weight excluding hydrogens is 356 g/mol. The number of rotatable bonds is 5. The SMILES string of the molecule is CC(C)NC(=O)[C@@H](NC(=O)c1ccc(Br)cc1)c1ccccc1. The van der Waals surface area contributed by atoms with Crippen molar-refractivity contribution < 1.29 is 9.59 Å². The third kappa shape index (κ3) is 4.93. The Bertz CT molecular complexity index is 669. The summed E-state index contributed by atoms with van der Waals surface area (Å²) in [7, 11) is 0. The Morgan fingerprint density at radius 3 is 2.09 bits per heavy atom. The van der Waals surface area contributed by atoms with Gasteiger partial charge in [0, 0.05) is 16.1 Å². The maximum absolute atomic E-state index is 12.4. The summed E-state index contributed by atoms with van der Waals surface area (Å²) >= 11 is 3.34. The van der Waals surface area contributed by atoms with Crippen molar-refractivity contribution in [2.24, 2.45) is 0 Å². The van der Waals surface area contributed by atoms with E-state index >= 15 is 0 Å². The summed E-state index contributed by atoms with van der Waals surface area (Å²) in [6, 6.07) is 15.5. The summed E-state index contributed by atoms with van der Waals surface area (Å²) in [6.45, 7) is 3.77. The molecule has 0 spiro atoms. The average molecular weight is 375 g/mol. The molecule has 0 bridgehead atoms. The first-order valence-electron chi connectivity index (χ1n) is 7.39. The van der Waals surface area contributed by atoms with Crippen molar-refractivity contribution in [1.29, 1.82) is 0 Å². The second kappa shape index (κ2) is 7.92. The number of nitrogens with one attached hydrogen (secondary N) is 2. The minimum atomic E-state index is -0.727. The molecule has 2 N–H and O–H groups in total. The molecule has 1 atom stereocenters. The number of carbonyl (C=O) groups is 2. The van der Waals surface area contributed by atoms with E-state index in [2.05, 4.69) is 26.6 Å². The van der Waals surface area contributed by atoms with Gasteiger partial charge in [-0.2, -0.15) is 0 Å². The summed E-state index contributed by atoms with van der Waals surface area (Å²) in [5, 5.41) is 5.65. The smallest absolute Gasteiger partial charge is 0.252 e. The number of hydrogen-bond acceptors (Lipinski definition) is 2. The van der Waals surface area contributed by atoms with Crippen molar-refractivity contribution in [3.05, 3.63) is 70.2 Å². The molecule has 0 aliphatic heterocycles. The van der Waals surface area contributed by atoms with E-state index in [9.17, 15) is 9.59 Å². The Morgan fingerprint density at radius 2 is 1.52 bits per heavy atom. The lowest BCUT2D eigenvalue weighted by atomic mass is 10.0. The molecular formula is C18H19BrN2O2. The van der Waals surface area contributed by atoms with E-state index in [4.69, 9.17) is 0 Å². The van der Waals surface area contributed by atoms with Gasteiger partial charge < -0.3 is 10.6 Å². The number of carbonyl (C=O) groups excluding carboxylic acids is 2. The lowest BCUT2D eigenvalue weighted by molar-refractivity contribution is -0.123. The van der Waals surface area contributed by atoms with Crippen LogP contribution >= 0.6 is 15.9 Å². The zero-order chi connectivity index (χ0) is 16.8. The quantitative estimate of drug-likeness (QED) is 0.841. The van der Waals surface area contributed by atoms with E-state index in [-0.39, 0.29) is 17.9 Å². The third-order valence-electron chi connectivity index (χ3n) is 3.21. The Morgan fingerprint density at radius 1 is 0.913 bits per heavy atom. The summed E-state index contributed by atoms with van der Waals surface area (Å²) < 4.78 is 0.895. The van der Waals surface area contributed by atoms with E-state index in [1.165, 1.54) is 0 Å². The first kappa shape index (κ1) is 17.2. The van der Waals surface area contributed by atoms with Crippen LogP contribution in [0.15, 0.2) is 59.1 Å². The third-order valence-corrected chi connectivity index (χ3v) is 3.74. The van der Waals surface area contributed by atoms with Crippen LogP contribution in [0.5, 0.6) is 0 Å². The molecule has 0 saturated carbocycles. The first-order valence-corrected chi connectivity index (χ1v) is 8.18. The molecule has 4 nitrogen and oxygen atoms in total. The fraction of sp³-hybridized carbons (Fsp3) is 0.222. The van der Waals surface area contributed by atoms with Crippen LogP contribution < -0.4 is 10.6 Å². The molecule has 0 radical (unpaired) electrons. The van der Waals surface area contributed by atoms with Crippen LogP contribution in [0.1, 0.15) is 35.8 Å². The fourth-order valence-corrected chi connectivity index (χ4v) is 2.39. The molecule has 2 aromatic carbocycles. The Hall–Kier alpha value is -2.14. The monoisotopic (exact) mass is 374 g/mol. The molecule has 120 valence electrons. The second-order valence-electron chi connectivity index (χ2n) is 5.49. The van der Waals surface area contributed by atoms with E-state index in [1.807, 2.05) is 44.2 Å². The molecule has 2 aromatic rings. The zero-order valence-corrected chi connectivity index (χ0v) is 14.6. The Balaban J connectivity index is 2.22. The van der Waals surface area contributed by atoms with Crippen molar-refractivity contribution in [2.75, 3.05) is 0 Å². The van der Waals surface area contributed by atoms with E-state index in [0.29, 0.717) is 5.56 Å². The van der Waals surface area contributed by atoms with Gasteiger partial charge in [-0.15, -0.1) is 0 Å². The summed E-state index contributed by atoms with van der Waals surface area (Å²) in [6.07, 6.45) is 0. The standard InChI is InChI=1S/C18H19BrN2O2/c1-12(2)20-18(23)16(13-6-4-3-5-7-13)21-17(22)14-8-10-15(19)11-9-14/h3-12,16H,1-2H3,(H,20,23)(H,21,22)/t16-/m0/s1. The molecule has 0 aliphatic carbocycles. The molecule has 5 heteroatoms. The summed E-state index contributed by atoms with van der Waals surface area (Å²) in [4.78, 5) is 24.9. The van der Waals surface area contributed by atoms with Crippen LogP contribution in [0.3, 0.4) is 0 Å². The molecule has 0 aliphatic rings. The molecule has 0 fully saturated rings. The molecule has 0 aromatic heterocycles. The minimum absolute atomic E-state index is 0.00158. The molecule has 0 heterocycles. The fourth-order valence-electron chi connectivity index (χ4n) is 2.13. The first-order chi connectivity index (χ1) is 11.0. The lowest BCUT2D eigenvalue weighted by Gasteiger charge is -2.20. The second-order valence-corrected chi connectivity index (χ2v) is 6.40. The molecule has 2 rings (SSSR count). The Labute approximate surface area is 144 Å².